The number of aromatic nitrogens is 2. The summed E-state index contributed by atoms with van der Waals surface area (Å²) in [6.45, 7) is 3.87. The Morgan fingerprint density at radius 2 is 2.12 bits per heavy atom. The highest BCUT2D eigenvalue weighted by Gasteiger charge is 2.11. The Morgan fingerprint density at radius 3 is 2.59 bits per heavy atom. The molecule has 1 aromatic heterocycles. The molecule has 1 N–H and O–H groups in total. The molecule has 2 rings (SSSR count). The molecule has 0 atom stereocenters. The van der Waals surface area contributed by atoms with E-state index in [0.717, 1.165) is 27.1 Å². The summed E-state index contributed by atoms with van der Waals surface area (Å²) < 4.78 is 2.83. The van der Waals surface area contributed by atoms with Crippen molar-refractivity contribution in [2.45, 2.75) is 20.5 Å². The smallest absolute Gasteiger partial charge is 0.0743 e. The van der Waals surface area contributed by atoms with Gasteiger partial charge in [0.25, 0.3) is 0 Å². The summed E-state index contributed by atoms with van der Waals surface area (Å²) in [7, 11) is 0. The van der Waals surface area contributed by atoms with Crippen LogP contribution in [0.1, 0.15) is 17.0 Å². The summed E-state index contributed by atoms with van der Waals surface area (Å²) in [4.78, 5) is 0. The number of hydrogen-bond acceptors (Lipinski definition) is 2. The minimum absolute atomic E-state index is 0.0556. The van der Waals surface area contributed by atoms with Crippen molar-refractivity contribution in [2.75, 3.05) is 0 Å². The summed E-state index contributed by atoms with van der Waals surface area (Å²) >= 11 is 9.55. The fraction of sp³-hybridized carbons (Fsp3) is 0.250. The van der Waals surface area contributed by atoms with E-state index >= 15 is 0 Å². The normalized spacial score (nSPS) is 10.9. The predicted molar refractivity (Wildman–Crippen MR) is 71.7 cm³/mol. The molecule has 0 saturated carbocycles. The standard InChI is InChI=1S/C12H12BrClN2O/c1-7-12(13)8(2)16(15-7)10-4-3-9(6-17)11(14)5-10/h3-5,17H,6H2,1-2H3. The molecule has 0 radical (unpaired) electrons. The second kappa shape index (κ2) is 4.80. The van der Waals surface area contributed by atoms with Gasteiger partial charge in [0, 0.05) is 5.02 Å². The highest BCUT2D eigenvalue weighted by Crippen LogP contribution is 2.25. The van der Waals surface area contributed by atoms with Crippen molar-refractivity contribution < 1.29 is 5.11 Å². The molecule has 0 aliphatic carbocycles. The lowest BCUT2D eigenvalue weighted by Gasteiger charge is -2.07. The van der Waals surface area contributed by atoms with Gasteiger partial charge in [-0.15, -0.1) is 0 Å². The van der Waals surface area contributed by atoms with Crippen molar-refractivity contribution in [3.8, 4) is 5.69 Å². The van der Waals surface area contributed by atoms with Crippen LogP contribution in [-0.2, 0) is 6.61 Å². The summed E-state index contributed by atoms with van der Waals surface area (Å²) in [5, 5.41) is 14.0. The zero-order valence-corrected chi connectivity index (χ0v) is 11.9. The van der Waals surface area contributed by atoms with Gasteiger partial charge >= 0.3 is 0 Å². The Kier molecular flexibility index (Phi) is 3.56. The van der Waals surface area contributed by atoms with E-state index in [-0.39, 0.29) is 6.61 Å². The topological polar surface area (TPSA) is 38.0 Å². The first-order valence-corrected chi connectivity index (χ1v) is 6.33. The molecule has 3 nitrogen and oxygen atoms in total. The fourth-order valence-corrected chi connectivity index (χ4v) is 2.15. The van der Waals surface area contributed by atoms with Gasteiger partial charge in [0.05, 0.1) is 28.2 Å². The Bertz CT molecular complexity index is 566. The lowest BCUT2D eigenvalue weighted by Crippen LogP contribution is -1.99. The molecule has 0 aliphatic rings. The van der Waals surface area contributed by atoms with Gasteiger partial charge in [-0.05, 0) is 47.5 Å². The van der Waals surface area contributed by atoms with Gasteiger partial charge in [0.1, 0.15) is 0 Å². The van der Waals surface area contributed by atoms with Crippen LogP contribution in [0.2, 0.25) is 5.02 Å². The summed E-state index contributed by atoms with van der Waals surface area (Å²) in [5.74, 6) is 0. The Morgan fingerprint density at radius 1 is 1.41 bits per heavy atom. The largest absolute Gasteiger partial charge is 0.392 e. The number of benzene rings is 1. The molecular formula is C12H12BrClN2O. The molecule has 0 unspecified atom stereocenters. The number of aliphatic hydroxyl groups excluding tert-OH is 1. The first-order valence-electron chi connectivity index (χ1n) is 5.16. The molecule has 0 bridgehead atoms. The van der Waals surface area contributed by atoms with Gasteiger partial charge < -0.3 is 5.11 Å². The van der Waals surface area contributed by atoms with Crippen LogP contribution >= 0.6 is 27.5 Å². The number of rotatable bonds is 2. The van der Waals surface area contributed by atoms with Gasteiger partial charge in [-0.1, -0.05) is 17.7 Å². The SMILES string of the molecule is Cc1nn(-c2ccc(CO)c(Cl)c2)c(C)c1Br. The second-order valence-corrected chi connectivity index (χ2v) is 5.03. The Balaban J connectivity index is 2.53. The first-order chi connectivity index (χ1) is 8.04. The molecular weight excluding hydrogens is 304 g/mol. The molecule has 0 amide bonds. The maximum Gasteiger partial charge on any atom is 0.0743 e. The van der Waals surface area contributed by atoms with E-state index in [1.165, 1.54) is 0 Å². The van der Waals surface area contributed by atoms with Crippen LogP contribution in [0.4, 0.5) is 0 Å². The van der Waals surface area contributed by atoms with Crippen LogP contribution < -0.4 is 0 Å². The minimum Gasteiger partial charge on any atom is -0.392 e. The van der Waals surface area contributed by atoms with Crippen LogP contribution in [0.3, 0.4) is 0 Å². The highest BCUT2D eigenvalue weighted by molar-refractivity contribution is 9.10. The van der Waals surface area contributed by atoms with E-state index < -0.39 is 0 Å². The average Bonchev–Trinajstić information content (AvgIpc) is 2.57. The monoisotopic (exact) mass is 314 g/mol. The van der Waals surface area contributed by atoms with Crippen LogP contribution in [0, 0.1) is 13.8 Å². The van der Waals surface area contributed by atoms with Gasteiger partial charge in [0.2, 0.25) is 0 Å². The van der Waals surface area contributed by atoms with Crippen molar-refractivity contribution in [3.63, 3.8) is 0 Å². The Labute approximate surface area is 113 Å². The zero-order valence-electron chi connectivity index (χ0n) is 9.54. The molecule has 1 aromatic carbocycles. The van der Waals surface area contributed by atoms with Crippen molar-refractivity contribution in [1.29, 1.82) is 0 Å². The van der Waals surface area contributed by atoms with Crippen molar-refractivity contribution >= 4 is 27.5 Å². The van der Waals surface area contributed by atoms with Gasteiger partial charge in [-0.2, -0.15) is 5.10 Å². The molecule has 0 saturated heterocycles. The first kappa shape index (κ1) is 12.6. The molecule has 90 valence electrons. The average molecular weight is 316 g/mol. The number of halogens is 2. The molecule has 1 heterocycles. The number of aryl methyl sites for hydroxylation is 1. The zero-order chi connectivity index (χ0) is 12.6. The van der Waals surface area contributed by atoms with Gasteiger partial charge in [-0.25, -0.2) is 4.68 Å². The van der Waals surface area contributed by atoms with E-state index in [9.17, 15) is 0 Å². The van der Waals surface area contributed by atoms with Crippen LogP contribution in [0.5, 0.6) is 0 Å². The lowest BCUT2D eigenvalue weighted by molar-refractivity contribution is 0.282. The summed E-state index contributed by atoms with van der Waals surface area (Å²) in [5.41, 5.74) is 3.56. The van der Waals surface area contributed by atoms with Gasteiger partial charge in [-0.3, -0.25) is 0 Å². The Hall–Kier alpha value is -0.840. The van der Waals surface area contributed by atoms with E-state index in [4.69, 9.17) is 16.7 Å². The molecule has 0 spiro atoms. The third kappa shape index (κ3) is 2.25. The second-order valence-electron chi connectivity index (χ2n) is 3.83. The summed E-state index contributed by atoms with van der Waals surface area (Å²) in [6.07, 6.45) is 0. The predicted octanol–water partition coefficient (Wildman–Crippen LogP) is 3.40. The molecule has 0 aliphatic heterocycles. The van der Waals surface area contributed by atoms with E-state index in [1.807, 2.05) is 30.7 Å². The van der Waals surface area contributed by atoms with Crippen LogP contribution in [-0.4, -0.2) is 14.9 Å². The van der Waals surface area contributed by atoms with Crippen LogP contribution in [0.25, 0.3) is 5.69 Å². The number of aliphatic hydroxyl groups is 1. The van der Waals surface area contributed by atoms with Crippen molar-refractivity contribution in [3.05, 3.63) is 44.6 Å². The summed E-state index contributed by atoms with van der Waals surface area (Å²) in [6, 6.07) is 5.50. The van der Waals surface area contributed by atoms with E-state index in [2.05, 4.69) is 21.0 Å². The minimum atomic E-state index is -0.0556. The molecule has 0 fully saturated rings. The van der Waals surface area contributed by atoms with E-state index in [1.54, 1.807) is 6.07 Å². The lowest BCUT2D eigenvalue weighted by atomic mass is 10.2. The maximum absolute atomic E-state index is 9.07. The van der Waals surface area contributed by atoms with Crippen LogP contribution in [0.15, 0.2) is 22.7 Å². The number of nitrogens with zero attached hydrogens (tertiary/aromatic N) is 2. The van der Waals surface area contributed by atoms with Crippen molar-refractivity contribution in [2.24, 2.45) is 0 Å². The molecule has 5 heteroatoms. The third-order valence-electron chi connectivity index (χ3n) is 2.65. The third-order valence-corrected chi connectivity index (χ3v) is 4.15. The highest BCUT2D eigenvalue weighted by atomic mass is 79.9. The van der Waals surface area contributed by atoms with Crippen molar-refractivity contribution in [1.82, 2.24) is 9.78 Å². The van der Waals surface area contributed by atoms with E-state index in [0.29, 0.717) is 5.02 Å². The quantitative estimate of drug-likeness (QED) is 0.922. The van der Waals surface area contributed by atoms with Gasteiger partial charge in [0.15, 0.2) is 0 Å². The molecule has 17 heavy (non-hydrogen) atoms. The maximum atomic E-state index is 9.07. The molecule has 2 aromatic rings. The number of hydrogen-bond donors (Lipinski definition) is 1. The fourth-order valence-electron chi connectivity index (χ4n) is 1.67.